The van der Waals surface area contributed by atoms with Gasteiger partial charge in [-0.25, -0.2) is 9.78 Å². The number of benzene rings is 1. The zero-order valence-corrected chi connectivity index (χ0v) is 21.1. The highest BCUT2D eigenvalue weighted by Crippen LogP contribution is 2.38. The number of amides is 2. The second-order valence-corrected chi connectivity index (χ2v) is 9.85. The SMILES string of the molecule is COc1cccc(C(C)CC(=O)Nc2sc3c(c2C#N)CCC(OC(=O)NCCn2ccnc2)C3)c1. The summed E-state index contributed by atoms with van der Waals surface area (Å²) in [5.74, 6) is 0.594. The minimum atomic E-state index is -0.458. The lowest BCUT2D eigenvalue weighted by Crippen LogP contribution is -2.33. The molecule has 1 aromatic carbocycles. The molecule has 1 aliphatic carbocycles. The highest BCUT2D eigenvalue weighted by molar-refractivity contribution is 7.16. The molecule has 0 spiro atoms. The first kappa shape index (κ1) is 25.3. The van der Waals surface area contributed by atoms with Gasteiger partial charge < -0.3 is 24.7 Å². The average molecular weight is 508 g/mol. The fourth-order valence-corrected chi connectivity index (χ4v) is 5.56. The largest absolute Gasteiger partial charge is 0.497 e. The molecule has 2 atom stereocenters. The van der Waals surface area contributed by atoms with E-state index in [2.05, 4.69) is 21.7 Å². The smallest absolute Gasteiger partial charge is 0.407 e. The number of hydrogen-bond acceptors (Lipinski definition) is 7. The summed E-state index contributed by atoms with van der Waals surface area (Å²) < 4.78 is 12.7. The Morgan fingerprint density at radius 2 is 2.25 bits per heavy atom. The van der Waals surface area contributed by atoms with Gasteiger partial charge in [0.1, 0.15) is 22.9 Å². The summed E-state index contributed by atoms with van der Waals surface area (Å²) in [7, 11) is 1.61. The lowest BCUT2D eigenvalue weighted by molar-refractivity contribution is -0.116. The van der Waals surface area contributed by atoms with E-state index in [1.54, 1.807) is 19.6 Å². The number of alkyl carbamates (subject to hydrolysis) is 1. The van der Waals surface area contributed by atoms with Crippen LogP contribution in [0.4, 0.5) is 9.80 Å². The van der Waals surface area contributed by atoms with Crippen LogP contribution in [0.15, 0.2) is 43.0 Å². The fraction of sp³-hybridized carbons (Fsp3) is 0.385. The van der Waals surface area contributed by atoms with E-state index in [0.29, 0.717) is 42.9 Å². The fourth-order valence-electron chi connectivity index (χ4n) is 4.28. The minimum absolute atomic E-state index is 0.00899. The average Bonchev–Trinajstić information content (AvgIpc) is 3.50. The summed E-state index contributed by atoms with van der Waals surface area (Å²) >= 11 is 1.39. The van der Waals surface area contributed by atoms with Gasteiger partial charge in [0, 0.05) is 43.2 Å². The van der Waals surface area contributed by atoms with E-state index in [-0.39, 0.29) is 24.3 Å². The van der Waals surface area contributed by atoms with E-state index in [9.17, 15) is 14.9 Å². The third-order valence-corrected chi connectivity index (χ3v) is 7.38. The van der Waals surface area contributed by atoms with Gasteiger partial charge in [-0.15, -0.1) is 11.3 Å². The molecule has 0 aliphatic heterocycles. The van der Waals surface area contributed by atoms with Crippen LogP contribution in [0, 0.1) is 11.3 Å². The predicted molar refractivity (Wildman–Crippen MR) is 136 cm³/mol. The number of anilines is 1. The van der Waals surface area contributed by atoms with Crippen molar-refractivity contribution in [2.24, 2.45) is 0 Å². The topological polar surface area (TPSA) is 118 Å². The van der Waals surface area contributed by atoms with Crippen LogP contribution in [0.1, 0.15) is 47.3 Å². The Kier molecular flexibility index (Phi) is 8.23. The van der Waals surface area contributed by atoms with E-state index in [1.807, 2.05) is 42.0 Å². The van der Waals surface area contributed by atoms with E-state index in [1.165, 1.54) is 11.3 Å². The number of methoxy groups -OCH3 is 1. The van der Waals surface area contributed by atoms with Crippen LogP contribution in [0.2, 0.25) is 0 Å². The normalized spacial score (nSPS) is 15.3. The van der Waals surface area contributed by atoms with Gasteiger partial charge in [0.15, 0.2) is 0 Å². The van der Waals surface area contributed by atoms with Crippen molar-refractivity contribution >= 4 is 28.3 Å². The van der Waals surface area contributed by atoms with Gasteiger partial charge in [-0.1, -0.05) is 19.1 Å². The summed E-state index contributed by atoms with van der Waals surface area (Å²) in [6.45, 7) is 3.04. The van der Waals surface area contributed by atoms with Gasteiger partial charge in [-0.3, -0.25) is 4.79 Å². The molecule has 4 rings (SSSR count). The number of thiophene rings is 1. The summed E-state index contributed by atoms with van der Waals surface area (Å²) in [4.78, 5) is 30.0. The lowest BCUT2D eigenvalue weighted by atomic mass is 9.93. The van der Waals surface area contributed by atoms with Gasteiger partial charge in [-0.2, -0.15) is 5.26 Å². The van der Waals surface area contributed by atoms with Crippen molar-refractivity contribution < 1.29 is 19.1 Å². The first-order chi connectivity index (χ1) is 17.5. The maximum Gasteiger partial charge on any atom is 0.407 e. The van der Waals surface area contributed by atoms with Crippen LogP contribution >= 0.6 is 11.3 Å². The van der Waals surface area contributed by atoms with Gasteiger partial charge in [0.05, 0.1) is 19.0 Å². The van der Waals surface area contributed by atoms with Crippen molar-refractivity contribution in [3.05, 3.63) is 64.6 Å². The number of carbonyl (C=O) groups excluding carboxylic acids is 2. The Labute approximate surface area is 214 Å². The van der Waals surface area contributed by atoms with Crippen molar-refractivity contribution in [3.8, 4) is 11.8 Å². The monoisotopic (exact) mass is 507 g/mol. The Balaban J connectivity index is 1.32. The molecule has 0 bridgehead atoms. The number of hydrogen-bond donors (Lipinski definition) is 2. The molecule has 2 N–H and O–H groups in total. The second-order valence-electron chi connectivity index (χ2n) is 8.75. The third kappa shape index (κ3) is 6.23. The summed E-state index contributed by atoms with van der Waals surface area (Å²) in [6, 6.07) is 9.93. The first-order valence-corrected chi connectivity index (χ1v) is 12.7. The number of ether oxygens (including phenoxy) is 2. The number of fused-ring (bicyclic) bond motifs is 1. The molecule has 1 aliphatic rings. The molecule has 2 heterocycles. The van der Waals surface area contributed by atoms with E-state index in [0.717, 1.165) is 21.8 Å². The number of nitriles is 1. The molecular weight excluding hydrogens is 478 g/mol. The lowest BCUT2D eigenvalue weighted by Gasteiger charge is -2.22. The third-order valence-electron chi connectivity index (χ3n) is 6.21. The van der Waals surface area contributed by atoms with E-state index < -0.39 is 6.09 Å². The molecule has 0 saturated heterocycles. The number of aromatic nitrogens is 2. The Hall–Kier alpha value is -3.84. The van der Waals surface area contributed by atoms with Crippen LogP contribution in [0.3, 0.4) is 0 Å². The minimum Gasteiger partial charge on any atom is -0.497 e. The first-order valence-electron chi connectivity index (χ1n) is 11.9. The quantitative estimate of drug-likeness (QED) is 0.447. The molecule has 2 unspecified atom stereocenters. The van der Waals surface area contributed by atoms with Gasteiger partial charge in [0.2, 0.25) is 5.91 Å². The van der Waals surface area contributed by atoms with E-state index >= 15 is 0 Å². The summed E-state index contributed by atoms with van der Waals surface area (Å²) in [5, 5.41) is 16.0. The molecule has 188 valence electrons. The molecule has 2 amide bonds. The Morgan fingerprint density at radius 1 is 1.39 bits per heavy atom. The maximum absolute atomic E-state index is 12.8. The molecule has 0 fully saturated rings. The van der Waals surface area contributed by atoms with E-state index in [4.69, 9.17) is 9.47 Å². The molecule has 36 heavy (non-hydrogen) atoms. The van der Waals surface area contributed by atoms with Gasteiger partial charge in [0.25, 0.3) is 0 Å². The zero-order chi connectivity index (χ0) is 25.5. The van der Waals surface area contributed by atoms with Crippen LogP contribution in [0.25, 0.3) is 0 Å². The standard InChI is InChI=1S/C26H29N5O4S/c1-17(18-4-3-5-19(13-18)34-2)12-24(32)30-25-22(15-27)21-7-6-20(14-23(21)36-25)35-26(33)29-9-11-31-10-8-28-16-31/h3-5,8,10,13,16-17,20H,6-7,9,11-12,14H2,1-2H3,(H,29,33)(H,30,32). The predicted octanol–water partition coefficient (Wildman–Crippen LogP) is 4.24. The number of carbonyl (C=O) groups is 2. The van der Waals surface area contributed by atoms with Crippen LogP contribution in [-0.4, -0.2) is 41.3 Å². The van der Waals surface area contributed by atoms with Crippen LogP contribution in [0.5, 0.6) is 5.75 Å². The molecule has 0 radical (unpaired) electrons. The maximum atomic E-state index is 12.8. The van der Waals surface area contributed by atoms with Crippen LogP contribution in [-0.2, 0) is 28.9 Å². The van der Waals surface area contributed by atoms with Gasteiger partial charge >= 0.3 is 6.09 Å². The highest BCUT2D eigenvalue weighted by Gasteiger charge is 2.28. The summed E-state index contributed by atoms with van der Waals surface area (Å²) in [5.41, 5.74) is 2.47. The second kappa shape index (κ2) is 11.7. The number of nitrogens with one attached hydrogen (secondary N) is 2. The molecule has 3 aromatic rings. The van der Waals surface area contributed by atoms with Crippen LogP contribution < -0.4 is 15.4 Å². The van der Waals surface area contributed by atoms with Crippen molar-refractivity contribution in [2.75, 3.05) is 19.0 Å². The number of nitrogens with zero attached hydrogens (tertiary/aromatic N) is 3. The number of imidazole rings is 1. The van der Waals surface area contributed by atoms with Gasteiger partial charge in [-0.05, 0) is 42.0 Å². The Bertz CT molecular complexity index is 1250. The zero-order valence-electron chi connectivity index (χ0n) is 20.3. The molecule has 9 nitrogen and oxygen atoms in total. The van der Waals surface area contributed by atoms with Crippen molar-refractivity contribution in [2.45, 2.75) is 51.2 Å². The molecule has 10 heteroatoms. The Morgan fingerprint density at radius 3 is 3.00 bits per heavy atom. The van der Waals surface area contributed by atoms with Crippen molar-refractivity contribution in [3.63, 3.8) is 0 Å². The molecule has 0 saturated carbocycles. The number of rotatable bonds is 9. The summed E-state index contributed by atoms with van der Waals surface area (Å²) in [6.07, 6.45) is 6.54. The van der Waals surface area contributed by atoms with Crippen molar-refractivity contribution in [1.82, 2.24) is 14.9 Å². The molecule has 2 aromatic heterocycles. The highest BCUT2D eigenvalue weighted by atomic mass is 32.1. The van der Waals surface area contributed by atoms with Crippen molar-refractivity contribution in [1.29, 1.82) is 5.26 Å². The molecular formula is C26H29N5O4S.